The number of hydrogen-bond donors (Lipinski definition) is 2. The summed E-state index contributed by atoms with van der Waals surface area (Å²) in [6, 6.07) is 0.493. The number of carbonyl (C=O) groups is 1. The Morgan fingerprint density at radius 3 is 2.88 bits per heavy atom. The van der Waals surface area contributed by atoms with Crippen molar-refractivity contribution in [2.75, 3.05) is 6.54 Å². The van der Waals surface area contributed by atoms with E-state index in [1.165, 1.54) is 19.3 Å². The Morgan fingerprint density at radius 1 is 1.56 bits per heavy atom. The molecule has 0 spiro atoms. The van der Waals surface area contributed by atoms with Crippen LogP contribution in [0, 0.1) is 0 Å². The van der Waals surface area contributed by atoms with Crippen LogP contribution in [0.4, 0.5) is 0 Å². The minimum absolute atomic E-state index is 0.0742. The van der Waals surface area contributed by atoms with Crippen LogP contribution in [0.5, 0.6) is 0 Å². The summed E-state index contributed by atoms with van der Waals surface area (Å²) in [6.45, 7) is 5.12. The van der Waals surface area contributed by atoms with Gasteiger partial charge in [-0.2, -0.15) is 0 Å². The highest BCUT2D eigenvalue weighted by Gasteiger charge is 2.30. The first-order valence-electron chi connectivity index (χ1n) is 6.25. The highest BCUT2D eigenvalue weighted by atomic mass is 16.5. The van der Waals surface area contributed by atoms with E-state index in [1.807, 2.05) is 0 Å². The average molecular weight is 229 g/mol. The number of ether oxygens (including phenoxy) is 1. The summed E-state index contributed by atoms with van der Waals surface area (Å²) in [6.07, 6.45) is 4.61. The van der Waals surface area contributed by atoms with Gasteiger partial charge in [-0.15, -0.1) is 0 Å². The SMILES string of the molecule is CCCCC(C)NCC1CCC(C(=O)O)O1. The van der Waals surface area contributed by atoms with Gasteiger partial charge in [0.2, 0.25) is 0 Å². The van der Waals surface area contributed by atoms with Crippen molar-refractivity contribution < 1.29 is 14.6 Å². The summed E-state index contributed by atoms with van der Waals surface area (Å²) in [5.41, 5.74) is 0. The molecule has 2 N–H and O–H groups in total. The molecule has 4 heteroatoms. The summed E-state index contributed by atoms with van der Waals surface area (Å²) in [4.78, 5) is 10.7. The van der Waals surface area contributed by atoms with Crippen molar-refractivity contribution in [1.82, 2.24) is 5.32 Å². The van der Waals surface area contributed by atoms with Crippen molar-refractivity contribution in [3.63, 3.8) is 0 Å². The molecule has 3 unspecified atom stereocenters. The van der Waals surface area contributed by atoms with Crippen LogP contribution < -0.4 is 5.32 Å². The minimum atomic E-state index is -0.832. The summed E-state index contributed by atoms with van der Waals surface area (Å²) >= 11 is 0. The van der Waals surface area contributed by atoms with Crippen molar-refractivity contribution in [2.45, 2.75) is 64.2 Å². The summed E-state index contributed by atoms with van der Waals surface area (Å²) in [5.74, 6) is -0.832. The number of carboxylic acid groups (broad SMARTS) is 1. The molecule has 0 aromatic rings. The van der Waals surface area contributed by atoms with Gasteiger partial charge in [0.15, 0.2) is 6.10 Å². The number of nitrogens with one attached hydrogen (secondary N) is 1. The van der Waals surface area contributed by atoms with E-state index in [9.17, 15) is 4.79 Å². The van der Waals surface area contributed by atoms with Gasteiger partial charge >= 0.3 is 5.97 Å². The average Bonchev–Trinajstić information content (AvgIpc) is 2.72. The zero-order valence-electron chi connectivity index (χ0n) is 10.2. The first-order chi connectivity index (χ1) is 7.63. The van der Waals surface area contributed by atoms with E-state index in [0.29, 0.717) is 12.5 Å². The first kappa shape index (κ1) is 13.5. The van der Waals surface area contributed by atoms with Crippen molar-refractivity contribution >= 4 is 5.97 Å². The Kier molecular flexibility index (Phi) is 5.77. The summed E-state index contributed by atoms with van der Waals surface area (Å²) in [7, 11) is 0. The zero-order valence-corrected chi connectivity index (χ0v) is 10.2. The number of hydrogen-bond acceptors (Lipinski definition) is 3. The van der Waals surface area contributed by atoms with Crippen LogP contribution in [0.3, 0.4) is 0 Å². The van der Waals surface area contributed by atoms with Gasteiger partial charge in [0.05, 0.1) is 6.10 Å². The zero-order chi connectivity index (χ0) is 12.0. The topological polar surface area (TPSA) is 58.6 Å². The molecule has 16 heavy (non-hydrogen) atoms. The standard InChI is InChI=1S/C12H23NO3/c1-3-4-5-9(2)13-8-10-6-7-11(16-10)12(14)15/h9-11,13H,3-8H2,1-2H3,(H,14,15). The van der Waals surface area contributed by atoms with Crippen LogP contribution in [-0.4, -0.2) is 35.9 Å². The largest absolute Gasteiger partial charge is 0.479 e. The van der Waals surface area contributed by atoms with E-state index < -0.39 is 12.1 Å². The Labute approximate surface area is 97.4 Å². The third-order valence-corrected chi connectivity index (χ3v) is 3.07. The first-order valence-corrected chi connectivity index (χ1v) is 6.25. The fourth-order valence-electron chi connectivity index (χ4n) is 1.98. The van der Waals surface area contributed by atoms with E-state index in [1.54, 1.807) is 0 Å². The normalized spacial score (nSPS) is 26.9. The van der Waals surface area contributed by atoms with Crippen LogP contribution in [-0.2, 0) is 9.53 Å². The molecule has 0 amide bonds. The smallest absolute Gasteiger partial charge is 0.332 e. The Balaban J connectivity index is 2.12. The van der Waals surface area contributed by atoms with Gasteiger partial charge in [-0.3, -0.25) is 0 Å². The molecule has 1 fully saturated rings. The predicted octanol–water partition coefficient (Wildman–Crippen LogP) is 1.79. The molecule has 0 bridgehead atoms. The molecule has 0 saturated carbocycles. The fraction of sp³-hybridized carbons (Fsp3) is 0.917. The molecular weight excluding hydrogens is 206 g/mol. The molecule has 0 aromatic heterocycles. The van der Waals surface area contributed by atoms with Gasteiger partial charge in [-0.05, 0) is 26.2 Å². The maximum atomic E-state index is 10.7. The molecule has 0 radical (unpaired) electrons. The van der Waals surface area contributed by atoms with Crippen LogP contribution in [0.1, 0.15) is 46.0 Å². The number of aliphatic carboxylic acids is 1. The maximum absolute atomic E-state index is 10.7. The van der Waals surface area contributed by atoms with Crippen molar-refractivity contribution in [3.05, 3.63) is 0 Å². The molecule has 1 rings (SSSR count). The molecule has 1 saturated heterocycles. The molecule has 0 aliphatic carbocycles. The fourth-order valence-corrected chi connectivity index (χ4v) is 1.98. The van der Waals surface area contributed by atoms with Crippen LogP contribution in [0.15, 0.2) is 0 Å². The van der Waals surface area contributed by atoms with Crippen LogP contribution >= 0.6 is 0 Å². The Hall–Kier alpha value is -0.610. The van der Waals surface area contributed by atoms with E-state index in [4.69, 9.17) is 9.84 Å². The summed E-state index contributed by atoms with van der Waals surface area (Å²) < 4.78 is 5.42. The monoisotopic (exact) mass is 229 g/mol. The van der Waals surface area contributed by atoms with E-state index in [0.717, 1.165) is 13.0 Å². The van der Waals surface area contributed by atoms with Gasteiger partial charge in [-0.25, -0.2) is 4.79 Å². The second-order valence-corrected chi connectivity index (χ2v) is 4.61. The minimum Gasteiger partial charge on any atom is -0.479 e. The van der Waals surface area contributed by atoms with Crippen LogP contribution in [0.2, 0.25) is 0 Å². The van der Waals surface area contributed by atoms with Gasteiger partial charge in [0.25, 0.3) is 0 Å². The molecular formula is C12H23NO3. The second-order valence-electron chi connectivity index (χ2n) is 4.61. The lowest BCUT2D eigenvalue weighted by molar-refractivity contribution is -0.149. The van der Waals surface area contributed by atoms with Gasteiger partial charge in [0, 0.05) is 12.6 Å². The highest BCUT2D eigenvalue weighted by molar-refractivity contribution is 5.72. The lowest BCUT2D eigenvalue weighted by atomic mass is 10.1. The molecule has 1 aliphatic heterocycles. The van der Waals surface area contributed by atoms with Gasteiger partial charge in [-0.1, -0.05) is 19.8 Å². The van der Waals surface area contributed by atoms with Crippen LogP contribution in [0.25, 0.3) is 0 Å². The van der Waals surface area contributed by atoms with Gasteiger partial charge in [0.1, 0.15) is 0 Å². The van der Waals surface area contributed by atoms with Gasteiger partial charge < -0.3 is 15.2 Å². The molecule has 4 nitrogen and oxygen atoms in total. The Morgan fingerprint density at radius 2 is 2.31 bits per heavy atom. The lowest BCUT2D eigenvalue weighted by Gasteiger charge is -2.17. The third-order valence-electron chi connectivity index (χ3n) is 3.07. The number of unbranched alkanes of at least 4 members (excludes halogenated alkanes) is 1. The van der Waals surface area contributed by atoms with Crippen molar-refractivity contribution in [1.29, 1.82) is 0 Å². The Bertz CT molecular complexity index is 220. The lowest BCUT2D eigenvalue weighted by Crippen LogP contribution is -2.34. The molecule has 1 heterocycles. The summed E-state index contributed by atoms with van der Waals surface area (Å²) in [5, 5.41) is 12.2. The molecule has 94 valence electrons. The highest BCUT2D eigenvalue weighted by Crippen LogP contribution is 2.19. The molecule has 0 aromatic carbocycles. The maximum Gasteiger partial charge on any atom is 0.332 e. The second kappa shape index (κ2) is 6.86. The molecule has 1 aliphatic rings. The number of rotatable bonds is 7. The quantitative estimate of drug-likeness (QED) is 0.698. The number of carboxylic acids is 1. The molecule has 3 atom stereocenters. The van der Waals surface area contributed by atoms with E-state index in [2.05, 4.69) is 19.2 Å². The van der Waals surface area contributed by atoms with Crippen molar-refractivity contribution in [3.8, 4) is 0 Å². The van der Waals surface area contributed by atoms with Crippen molar-refractivity contribution in [2.24, 2.45) is 0 Å². The van der Waals surface area contributed by atoms with E-state index in [-0.39, 0.29) is 6.10 Å². The van der Waals surface area contributed by atoms with E-state index >= 15 is 0 Å². The third kappa shape index (κ3) is 4.49. The predicted molar refractivity (Wildman–Crippen MR) is 62.5 cm³/mol.